The predicted octanol–water partition coefficient (Wildman–Crippen LogP) is 2.74. The molecule has 1 aromatic rings. The summed E-state index contributed by atoms with van der Waals surface area (Å²) in [6, 6.07) is 5.34. The van der Waals surface area contributed by atoms with Gasteiger partial charge >= 0.3 is 12.0 Å². The normalized spacial score (nSPS) is 11.8. The molecule has 0 aromatic heterocycles. The van der Waals surface area contributed by atoms with Crippen molar-refractivity contribution >= 4 is 12.0 Å². The molecule has 5 nitrogen and oxygen atoms in total. The molecule has 0 aliphatic carbocycles. The van der Waals surface area contributed by atoms with Crippen LogP contribution in [0.4, 0.5) is 9.18 Å². The fourth-order valence-electron chi connectivity index (χ4n) is 2.09. The van der Waals surface area contributed by atoms with Gasteiger partial charge in [-0.1, -0.05) is 25.1 Å². The van der Waals surface area contributed by atoms with Crippen LogP contribution in [0.25, 0.3) is 0 Å². The monoisotopic (exact) mass is 296 g/mol. The smallest absolute Gasteiger partial charge is 0.323 e. The average Bonchev–Trinajstić information content (AvgIpc) is 2.44. The molecule has 1 unspecified atom stereocenters. The maximum atomic E-state index is 13.8. The van der Waals surface area contributed by atoms with Crippen LogP contribution >= 0.6 is 0 Å². The lowest BCUT2D eigenvalue weighted by atomic mass is 10.1. The number of urea groups is 1. The first-order valence-corrected chi connectivity index (χ1v) is 6.86. The zero-order valence-corrected chi connectivity index (χ0v) is 12.5. The van der Waals surface area contributed by atoms with Gasteiger partial charge in [0.25, 0.3) is 0 Å². The number of halogens is 1. The molecule has 0 spiro atoms. The Labute approximate surface area is 124 Å². The SMILES string of the molecule is CCCN(CC(=O)O)C(=O)N(C)C(C)c1ccccc1F. The number of benzene rings is 1. The number of carboxylic acids is 1. The first-order chi connectivity index (χ1) is 9.88. The van der Waals surface area contributed by atoms with Crippen LogP contribution in [0, 0.1) is 5.82 Å². The second kappa shape index (κ2) is 7.61. The summed E-state index contributed by atoms with van der Waals surface area (Å²) in [6.07, 6.45) is 0.654. The van der Waals surface area contributed by atoms with E-state index in [1.807, 2.05) is 6.92 Å². The molecule has 0 aliphatic heterocycles. The van der Waals surface area contributed by atoms with Gasteiger partial charge in [-0.3, -0.25) is 4.79 Å². The molecule has 0 fully saturated rings. The molecule has 1 atom stereocenters. The minimum atomic E-state index is -1.07. The third-order valence-corrected chi connectivity index (χ3v) is 3.33. The maximum absolute atomic E-state index is 13.8. The molecule has 1 N–H and O–H groups in total. The molecule has 0 saturated carbocycles. The zero-order chi connectivity index (χ0) is 16.0. The number of aliphatic carboxylic acids is 1. The molecule has 0 radical (unpaired) electrons. The van der Waals surface area contributed by atoms with Crippen LogP contribution in [0.5, 0.6) is 0 Å². The van der Waals surface area contributed by atoms with Crippen LogP contribution in [0.2, 0.25) is 0 Å². The first-order valence-electron chi connectivity index (χ1n) is 6.86. The molecule has 1 rings (SSSR count). The number of carbonyl (C=O) groups excluding carboxylic acids is 1. The van der Waals surface area contributed by atoms with E-state index in [0.717, 1.165) is 0 Å². The lowest BCUT2D eigenvalue weighted by Gasteiger charge is -2.31. The summed E-state index contributed by atoms with van der Waals surface area (Å²) in [4.78, 5) is 25.8. The van der Waals surface area contributed by atoms with Gasteiger partial charge < -0.3 is 14.9 Å². The Morgan fingerprint density at radius 2 is 1.95 bits per heavy atom. The Bertz CT molecular complexity index is 507. The zero-order valence-electron chi connectivity index (χ0n) is 12.5. The van der Waals surface area contributed by atoms with E-state index >= 15 is 0 Å². The van der Waals surface area contributed by atoms with E-state index in [-0.39, 0.29) is 12.4 Å². The van der Waals surface area contributed by atoms with Crippen LogP contribution in [-0.4, -0.2) is 47.0 Å². The van der Waals surface area contributed by atoms with Crippen molar-refractivity contribution in [1.82, 2.24) is 9.80 Å². The van der Waals surface area contributed by atoms with Crippen molar-refractivity contribution in [2.75, 3.05) is 20.1 Å². The predicted molar refractivity (Wildman–Crippen MR) is 77.5 cm³/mol. The molecular weight excluding hydrogens is 275 g/mol. The number of hydrogen-bond acceptors (Lipinski definition) is 2. The highest BCUT2D eigenvalue weighted by atomic mass is 19.1. The van der Waals surface area contributed by atoms with Gasteiger partial charge in [0, 0.05) is 19.2 Å². The number of amides is 2. The van der Waals surface area contributed by atoms with E-state index < -0.39 is 18.0 Å². The Kier molecular flexibility index (Phi) is 6.14. The van der Waals surface area contributed by atoms with Gasteiger partial charge in [0.1, 0.15) is 12.4 Å². The third kappa shape index (κ3) is 4.44. The Hall–Kier alpha value is -2.11. The maximum Gasteiger partial charge on any atom is 0.323 e. The second-order valence-electron chi connectivity index (χ2n) is 4.91. The number of nitrogens with zero attached hydrogens (tertiary/aromatic N) is 2. The van der Waals surface area contributed by atoms with Crippen LogP contribution in [0.3, 0.4) is 0 Å². The number of carbonyl (C=O) groups is 2. The van der Waals surface area contributed by atoms with Crippen molar-refractivity contribution in [1.29, 1.82) is 0 Å². The fraction of sp³-hybridized carbons (Fsp3) is 0.467. The van der Waals surface area contributed by atoms with Crippen LogP contribution in [-0.2, 0) is 4.79 Å². The second-order valence-corrected chi connectivity index (χ2v) is 4.91. The Morgan fingerprint density at radius 1 is 1.33 bits per heavy atom. The topological polar surface area (TPSA) is 60.9 Å². The lowest BCUT2D eigenvalue weighted by molar-refractivity contribution is -0.137. The molecular formula is C15H21FN2O3. The largest absolute Gasteiger partial charge is 0.480 e. The van der Waals surface area contributed by atoms with E-state index in [9.17, 15) is 14.0 Å². The van der Waals surface area contributed by atoms with E-state index in [0.29, 0.717) is 18.5 Å². The fourth-order valence-corrected chi connectivity index (χ4v) is 2.09. The summed E-state index contributed by atoms with van der Waals surface area (Å²) in [6.45, 7) is 3.56. The summed E-state index contributed by atoms with van der Waals surface area (Å²) in [5.74, 6) is -1.45. The van der Waals surface area contributed by atoms with Crippen LogP contribution in [0.1, 0.15) is 31.9 Å². The van der Waals surface area contributed by atoms with Crippen molar-refractivity contribution in [3.05, 3.63) is 35.6 Å². The van der Waals surface area contributed by atoms with E-state index in [4.69, 9.17) is 5.11 Å². The molecule has 0 aliphatic rings. The molecule has 6 heteroatoms. The van der Waals surface area contributed by atoms with E-state index in [2.05, 4.69) is 0 Å². The van der Waals surface area contributed by atoms with Crippen molar-refractivity contribution in [2.45, 2.75) is 26.3 Å². The average molecular weight is 296 g/mol. The number of carboxylic acid groups (broad SMARTS) is 1. The quantitative estimate of drug-likeness (QED) is 0.878. The first kappa shape index (κ1) is 16.9. The third-order valence-electron chi connectivity index (χ3n) is 3.33. The van der Waals surface area contributed by atoms with Crippen molar-refractivity contribution in [2.24, 2.45) is 0 Å². The van der Waals surface area contributed by atoms with Crippen LogP contribution in [0.15, 0.2) is 24.3 Å². The highest BCUT2D eigenvalue weighted by molar-refractivity contribution is 5.80. The summed E-state index contributed by atoms with van der Waals surface area (Å²) >= 11 is 0. The summed E-state index contributed by atoms with van der Waals surface area (Å²) in [7, 11) is 1.55. The molecule has 1 aromatic carbocycles. The van der Waals surface area contributed by atoms with Gasteiger partial charge in [-0.2, -0.15) is 0 Å². The van der Waals surface area contributed by atoms with Gasteiger partial charge in [0.05, 0.1) is 6.04 Å². The molecule has 116 valence electrons. The molecule has 2 amide bonds. The summed E-state index contributed by atoms with van der Waals surface area (Å²) < 4.78 is 13.8. The highest BCUT2D eigenvalue weighted by Gasteiger charge is 2.25. The van der Waals surface area contributed by atoms with Crippen molar-refractivity contribution < 1.29 is 19.1 Å². The number of rotatable bonds is 6. The minimum absolute atomic E-state index is 0.347. The van der Waals surface area contributed by atoms with Gasteiger partial charge in [0.15, 0.2) is 0 Å². The lowest BCUT2D eigenvalue weighted by Crippen LogP contribution is -2.45. The van der Waals surface area contributed by atoms with Crippen molar-refractivity contribution in [3.8, 4) is 0 Å². The molecule has 0 saturated heterocycles. The van der Waals surface area contributed by atoms with Gasteiger partial charge in [0.2, 0.25) is 0 Å². The summed E-state index contributed by atoms with van der Waals surface area (Å²) in [5.41, 5.74) is 0.403. The van der Waals surface area contributed by atoms with Gasteiger partial charge in [-0.25, -0.2) is 9.18 Å². The summed E-state index contributed by atoms with van der Waals surface area (Å²) in [5, 5.41) is 8.87. The highest BCUT2D eigenvalue weighted by Crippen LogP contribution is 2.22. The molecule has 21 heavy (non-hydrogen) atoms. The molecule has 0 heterocycles. The minimum Gasteiger partial charge on any atom is -0.480 e. The standard InChI is InChI=1S/C15H21FN2O3/c1-4-9-18(10-14(19)20)15(21)17(3)11(2)12-7-5-6-8-13(12)16/h5-8,11H,4,9-10H2,1-3H3,(H,19,20). The molecule has 0 bridgehead atoms. The van der Waals surface area contributed by atoms with E-state index in [1.54, 1.807) is 32.2 Å². The van der Waals surface area contributed by atoms with E-state index in [1.165, 1.54) is 15.9 Å². The van der Waals surface area contributed by atoms with Gasteiger partial charge in [-0.15, -0.1) is 0 Å². The number of hydrogen-bond donors (Lipinski definition) is 1. The van der Waals surface area contributed by atoms with Crippen LogP contribution < -0.4 is 0 Å². The Morgan fingerprint density at radius 3 is 2.48 bits per heavy atom. The Balaban J connectivity index is 2.89. The van der Waals surface area contributed by atoms with Gasteiger partial charge in [-0.05, 0) is 19.4 Å². The van der Waals surface area contributed by atoms with Crippen molar-refractivity contribution in [3.63, 3.8) is 0 Å².